The summed E-state index contributed by atoms with van der Waals surface area (Å²) in [5, 5.41) is 11.4. The second-order valence-corrected chi connectivity index (χ2v) is 5.83. The normalized spacial score (nSPS) is 18.5. The minimum absolute atomic E-state index is 0. The standard InChI is InChI=1S/C19H15N3O3.Y/c1-10-6-5-8-13-15(19(24)21-16(10)13)18-17(22-25-11(2)23)12-7-3-4-9-14(12)20-18;/h3-9H,1-2H3,(H2,20,21,22,24);/p-1. The van der Waals surface area contributed by atoms with Gasteiger partial charge in [0.25, 0.3) is 0 Å². The molecule has 0 saturated carbocycles. The number of allylic oxidation sites excluding steroid dienone is 1. The van der Waals surface area contributed by atoms with Crippen molar-refractivity contribution in [2.75, 3.05) is 5.32 Å². The van der Waals surface area contributed by atoms with Gasteiger partial charge in [0.05, 0.1) is 11.6 Å². The summed E-state index contributed by atoms with van der Waals surface area (Å²) in [6.45, 7) is 3.19. The molecule has 127 valence electrons. The Bertz CT molecular complexity index is 995. The number of anilines is 1. The van der Waals surface area contributed by atoms with Crippen molar-refractivity contribution in [1.29, 1.82) is 0 Å². The Labute approximate surface area is 175 Å². The average Bonchev–Trinajstić information content (AvgIpc) is 3.10. The summed E-state index contributed by atoms with van der Waals surface area (Å²) in [5.74, 6) is -0.866. The maximum Gasteiger partial charge on any atom is 0.332 e. The minimum Gasteiger partial charge on any atom is -0.622 e. The second kappa shape index (κ2) is 7.13. The van der Waals surface area contributed by atoms with E-state index in [9.17, 15) is 9.59 Å². The molecule has 2 heterocycles. The third kappa shape index (κ3) is 3.00. The van der Waals surface area contributed by atoms with E-state index >= 15 is 0 Å². The first-order valence-electron chi connectivity index (χ1n) is 7.79. The van der Waals surface area contributed by atoms with Crippen molar-refractivity contribution < 1.29 is 47.1 Å². The van der Waals surface area contributed by atoms with Crippen molar-refractivity contribution in [2.24, 2.45) is 5.16 Å². The van der Waals surface area contributed by atoms with Crippen LogP contribution in [0.5, 0.6) is 0 Å². The number of carbonyl (C=O) groups excluding carboxylic acids is 2. The van der Waals surface area contributed by atoms with Crippen molar-refractivity contribution in [2.45, 2.75) is 13.8 Å². The molecule has 26 heavy (non-hydrogen) atoms. The van der Waals surface area contributed by atoms with Crippen molar-refractivity contribution in [3.63, 3.8) is 0 Å². The summed E-state index contributed by atoms with van der Waals surface area (Å²) in [5.41, 5.74) is 5.25. The van der Waals surface area contributed by atoms with Gasteiger partial charge >= 0.3 is 5.97 Å². The molecular formula is C19H14N3O3Y-. The van der Waals surface area contributed by atoms with Gasteiger partial charge in [-0.2, -0.15) is 0 Å². The number of fused-ring (bicyclic) bond motifs is 2. The molecule has 0 unspecified atom stereocenters. The van der Waals surface area contributed by atoms with E-state index in [-0.39, 0.29) is 38.6 Å². The Morgan fingerprint density at radius 1 is 1.12 bits per heavy atom. The quantitative estimate of drug-likeness (QED) is 0.433. The third-order valence-electron chi connectivity index (χ3n) is 4.13. The molecule has 1 radical (unpaired) electrons. The number of nitrogens with zero attached hydrogens (tertiary/aromatic N) is 2. The molecule has 2 aliphatic heterocycles. The SMILES string of the molecule is CC(=O)O/N=C1/C(=C2/C(=O)[N-]c3c(C)cccc32)Nc2ccccc21.[Y]. The number of para-hydroxylation sites is 2. The summed E-state index contributed by atoms with van der Waals surface area (Å²) < 4.78 is 0. The van der Waals surface area contributed by atoms with Crippen LogP contribution >= 0.6 is 0 Å². The molecule has 0 fully saturated rings. The maximum absolute atomic E-state index is 12.6. The molecule has 0 bridgehead atoms. The number of nitrogens with one attached hydrogen (secondary N) is 1. The molecule has 1 amide bonds. The summed E-state index contributed by atoms with van der Waals surface area (Å²) in [6, 6.07) is 13.1. The number of rotatable bonds is 1. The van der Waals surface area contributed by atoms with Crippen LogP contribution in [0.25, 0.3) is 10.9 Å². The fraction of sp³-hybridized carbons (Fsp3) is 0.105. The number of hydrogen-bond donors (Lipinski definition) is 1. The zero-order chi connectivity index (χ0) is 17.6. The smallest absolute Gasteiger partial charge is 0.332 e. The number of amides is 1. The number of oxime groups is 1. The largest absolute Gasteiger partial charge is 0.622 e. The summed E-state index contributed by atoms with van der Waals surface area (Å²) in [6.07, 6.45) is 0. The van der Waals surface area contributed by atoms with Crippen LogP contribution < -0.4 is 5.32 Å². The van der Waals surface area contributed by atoms with Gasteiger partial charge in [-0.15, -0.1) is 5.69 Å². The Morgan fingerprint density at radius 2 is 1.85 bits per heavy atom. The molecular weight excluding hydrogens is 407 g/mol. The zero-order valence-electron chi connectivity index (χ0n) is 14.2. The summed E-state index contributed by atoms with van der Waals surface area (Å²) >= 11 is 0. The molecule has 0 aromatic heterocycles. The van der Waals surface area contributed by atoms with Crippen LogP contribution in [0.4, 0.5) is 11.4 Å². The molecule has 0 aliphatic carbocycles. The molecule has 7 heteroatoms. The third-order valence-corrected chi connectivity index (χ3v) is 4.13. The minimum atomic E-state index is -0.528. The van der Waals surface area contributed by atoms with Crippen molar-refractivity contribution in [3.05, 3.63) is 70.2 Å². The van der Waals surface area contributed by atoms with E-state index in [1.54, 1.807) is 0 Å². The molecule has 2 aromatic rings. The van der Waals surface area contributed by atoms with Gasteiger partial charge in [-0.1, -0.05) is 47.1 Å². The fourth-order valence-corrected chi connectivity index (χ4v) is 3.04. The van der Waals surface area contributed by atoms with Crippen molar-refractivity contribution >= 4 is 34.5 Å². The number of hydrogen-bond acceptors (Lipinski definition) is 5. The van der Waals surface area contributed by atoms with Gasteiger partial charge < -0.3 is 20.3 Å². The molecule has 0 saturated heterocycles. The Kier molecular flexibility index (Phi) is 5.07. The summed E-state index contributed by atoms with van der Waals surface area (Å²) in [7, 11) is 0. The van der Waals surface area contributed by atoms with E-state index in [0.717, 1.165) is 22.4 Å². The van der Waals surface area contributed by atoms with E-state index in [1.807, 2.05) is 49.4 Å². The van der Waals surface area contributed by atoms with Crippen LogP contribution in [0, 0.1) is 6.92 Å². The predicted octanol–water partition coefficient (Wildman–Crippen LogP) is 3.64. The Morgan fingerprint density at radius 3 is 2.62 bits per heavy atom. The number of benzene rings is 2. The predicted molar refractivity (Wildman–Crippen MR) is 94.5 cm³/mol. The molecule has 1 N–H and O–H groups in total. The topological polar surface area (TPSA) is 81.9 Å². The first-order chi connectivity index (χ1) is 12.1. The van der Waals surface area contributed by atoms with Crippen LogP contribution in [0.15, 0.2) is 53.3 Å². The van der Waals surface area contributed by atoms with Crippen molar-refractivity contribution in [3.8, 4) is 0 Å². The van der Waals surface area contributed by atoms with E-state index in [2.05, 4.69) is 15.8 Å². The van der Waals surface area contributed by atoms with E-state index in [0.29, 0.717) is 22.7 Å². The van der Waals surface area contributed by atoms with E-state index in [1.165, 1.54) is 6.92 Å². The van der Waals surface area contributed by atoms with Gasteiger partial charge in [-0.05, 0) is 18.6 Å². The first-order valence-corrected chi connectivity index (χ1v) is 7.79. The maximum atomic E-state index is 12.6. The fourth-order valence-electron chi connectivity index (χ4n) is 3.04. The molecule has 0 atom stereocenters. The summed E-state index contributed by atoms with van der Waals surface area (Å²) in [4.78, 5) is 28.6. The van der Waals surface area contributed by atoms with Crippen LogP contribution in [0.2, 0.25) is 0 Å². The zero-order valence-corrected chi connectivity index (χ0v) is 17.1. The molecule has 0 spiro atoms. The average molecular weight is 421 g/mol. The Balaban J connectivity index is 0.00000196. The van der Waals surface area contributed by atoms with Gasteiger partial charge in [0.2, 0.25) is 0 Å². The van der Waals surface area contributed by atoms with E-state index < -0.39 is 5.97 Å². The van der Waals surface area contributed by atoms with Gasteiger partial charge in [0, 0.05) is 56.5 Å². The number of carbonyl (C=O) groups is 2. The molecule has 2 aromatic carbocycles. The molecule has 2 aliphatic rings. The van der Waals surface area contributed by atoms with Crippen LogP contribution in [-0.2, 0) is 47.1 Å². The van der Waals surface area contributed by atoms with Gasteiger partial charge in [-0.25, -0.2) is 4.79 Å². The van der Waals surface area contributed by atoms with Crippen LogP contribution in [-0.4, -0.2) is 17.6 Å². The van der Waals surface area contributed by atoms with Crippen LogP contribution in [0.3, 0.4) is 0 Å². The van der Waals surface area contributed by atoms with Gasteiger partial charge in [0.1, 0.15) is 5.71 Å². The number of aryl methyl sites for hydroxylation is 1. The molecule has 6 nitrogen and oxygen atoms in total. The van der Waals surface area contributed by atoms with Crippen molar-refractivity contribution in [1.82, 2.24) is 0 Å². The second-order valence-electron chi connectivity index (χ2n) is 5.83. The first kappa shape index (κ1) is 18.5. The van der Waals surface area contributed by atoms with Gasteiger partial charge in [0.15, 0.2) is 0 Å². The Hall–Kier alpha value is -2.31. The molecule has 4 rings (SSSR count). The van der Waals surface area contributed by atoms with Crippen LogP contribution in [0.1, 0.15) is 23.6 Å². The van der Waals surface area contributed by atoms with Gasteiger partial charge in [-0.3, -0.25) is 0 Å². The van der Waals surface area contributed by atoms with E-state index in [4.69, 9.17) is 4.84 Å². The monoisotopic (exact) mass is 421 g/mol.